The van der Waals surface area contributed by atoms with E-state index < -0.39 is 72.7 Å². The van der Waals surface area contributed by atoms with E-state index in [-0.39, 0.29) is 11.9 Å². The van der Waals surface area contributed by atoms with Crippen LogP contribution in [0.3, 0.4) is 0 Å². The zero-order valence-electron chi connectivity index (χ0n) is 34.3. The van der Waals surface area contributed by atoms with E-state index in [2.05, 4.69) is 76.2 Å². The number of para-hydroxylation sites is 2. The quantitative estimate of drug-likeness (QED) is 0.0802. The number of fused-ring (bicyclic) bond motifs is 2. The molecule has 19 heteroatoms. The number of hydrogen-bond donors (Lipinski definition) is 8. The Kier molecular flexibility index (Phi) is 16.8. The first kappa shape index (κ1) is 48.7. The number of carboxylic acid groups (broad SMARTS) is 6. The van der Waals surface area contributed by atoms with E-state index in [1.54, 1.807) is 0 Å². The van der Waals surface area contributed by atoms with Gasteiger partial charge in [-0.15, -0.1) is 0 Å². The Hall–Kier alpha value is -6.93. The van der Waals surface area contributed by atoms with Gasteiger partial charge in [-0.3, -0.25) is 28.9 Å². The van der Waals surface area contributed by atoms with Gasteiger partial charge in [0.05, 0.1) is 37.4 Å². The molecule has 1 unspecified atom stereocenters. The molecule has 1 atom stereocenters. The number of aliphatic hydroxyl groups is 2. The van der Waals surface area contributed by atoms with Crippen molar-refractivity contribution in [2.24, 2.45) is 0 Å². The summed E-state index contributed by atoms with van der Waals surface area (Å²) in [5.41, 5.74) is -0.348. The number of aryl methyl sites for hydroxylation is 1. The van der Waals surface area contributed by atoms with Crippen LogP contribution in [0.2, 0.25) is 0 Å². The van der Waals surface area contributed by atoms with Gasteiger partial charge < -0.3 is 55.2 Å². The molecule has 0 saturated carbocycles. The second-order valence-corrected chi connectivity index (χ2v) is 15.2. The molecule has 6 rings (SSSR count). The van der Waals surface area contributed by atoms with Crippen molar-refractivity contribution in [1.82, 2.24) is 14.4 Å². The van der Waals surface area contributed by atoms with Crippen LogP contribution in [0.5, 0.6) is 0 Å². The third-order valence-electron chi connectivity index (χ3n) is 10.4. The molecule has 0 aliphatic carbocycles. The van der Waals surface area contributed by atoms with Crippen LogP contribution in [0.4, 0.5) is 5.69 Å². The van der Waals surface area contributed by atoms with E-state index >= 15 is 0 Å². The number of aromatic nitrogens is 1. The van der Waals surface area contributed by atoms with E-state index in [9.17, 15) is 33.6 Å². The van der Waals surface area contributed by atoms with Gasteiger partial charge >= 0.3 is 35.8 Å². The number of carbonyl (C=O) groups excluding carboxylic acids is 1. The van der Waals surface area contributed by atoms with Crippen molar-refractivity contribution in [2.75, 3.05) is 44.7 Å². The maximum absolute atomic E-state index is 13.9. The topological polar surface area (TPSA) is 296 Å². The summed E-state index contributed by atoms with van der Waals surface area (Å²) >= 11 is 0. The molecule has 3 aromatic carbocycles. The molecule has 1 amide bonds. The van der Waals surface area contributed by atoms with Crippen molar-refractivity contribution in [3.63, 3.8) is 0 Å². The minimum absolute atomic E-state index is 0.0225. The van der Waals surface area contributed by atoms with E-state index in [0.29, 0.717) is 5.56 Å². The molecule has 0 bridgehead atoms. The largest absolute Gasteiger partial charge is 0.481 e. The maximum Gasteiger partial charge on any atom is 0.336 e. The summed E-state index contributed by atoms with van der Waals surface area (Å²) in [6, 6.07) is 26.2. The maximum atomic E-state index is 13.9. The van der Waals surface area contributed by atoms with Crippen LogP contribution < -0.4 is 4.90 Å². The number of nitrogens with zero attached hydrogens (tertiary/aromatic N) is 4. The van der Waals surface area contributed by atoms with Crippen molar-refractivity contribution in [3.05, 3.63) is 108 Å². The first-order valence-electron chi connectivity index (χ1n) is 19.7. The van der Waals surface area contributed by atoms with Crippen LogP contribution in [-0.2, 0) is 35.3 Å². The van der Waals surface area contributed by atoms with E-state index in [4.69, 9.17) is 40.9 Å². The van der Waals surface area contributed by atoms with Crippen molar-refractivity contribution in [1.29, 1.82) is 0 Å². The summed E-state index contributed by atoms with van der Waals surface area (Å²) < 4.78 is 2.39. The number of hydrogen-bond acceptors (Lipinski definition) is 11. The lowest BCUT2D eigenvalue weighted by Crippen LogP contribution is -2.44. The number of rotatable bonds is 16. The number of likely N-dealkylation sites (N-methyl/N-ethyl adjacent to an activating group) is 1. The fourth-order valence-electron chi connectivity index (χ4n) is 7.14. The zero-order chi connectivity index (χ0) is 46.5. The minimum atomic E-state index is -2.74. The molecule has 336 valence electrons. The lowest BCUT2D eigenvalue weighted by molar-refractivity contribution is -0.170. The highest BCUT2D eigenvalue weighted by Gasteiger charge is 2.42. The molecule has 19 nitrogen and oxygen atoms in total. The van der Waals surface area contributed by atoms with Gasteiger partial charge in [-0.05, 0) is 49.8 Å². The van der Waals surface area contributed by atoms with E-state index in [1.165, 1.54) is 16.5 Å². The average molecular weight is 875 g/mol. The zero-order valence-corrected chi connectivity index (χ0v) is 34.3. The molecule has 1 aromatic heterocycles. The van der Waals surface area contributed by atoms with Crippen molar-refractivity contribution in [2.45, 2.75) is 55.9 Å². The fourth-order valence-corrected chi connectivity index (χ4v) is 7.14. The first-order chi connectivity index (χ1) is 29.7. The standard InChI is InChI=1S/C32H34N4O.2C6H8O7/c1-33-20-22-34(23-21-33)18-9-19-35-24-28(27-13-6-8-15-30(27)35)31-17-16-25-10-5-7-14-29(25)36(31)32(37)26-11-3-2-4-12-26;2*7-3(8)1-6(13,5(11)12)2-4(9)10/h2-8,10-17,24,31H,9,18-23H2,1H3;2*13H,1-2H2,(H,7,8)(H,9,10)(H,11,12). The van der Waals surface area contributed by atoms with Gasteiger partial charge in [-0.25, -0.2) is 9.59 Å². The van der Waals surface area contributed by atoms with Crippen LogP contribution in [-0.4, -0.2) is 148 Å². The van der Waals surface area contributed by atoms with E-state index in [1.807, 2.05) is 47.4 Å². The van der Waals surface area contributed by atoms with Gasteiger partial charge in [0, 0.05) is 61.0 Å². The third kappa shape index (κ3) is 13.3. The summed E-state index contributed by atoms with van der Waals surface area (Å²) in [6.45, 7) is 6.68. The molecule has 1 saturated heterocycles. The fraction of sp³-hybridized carbons (Fsp3) is 0.341. The molecule has 4 aromatic rings. The average Bonchev–Trinajstić information content (AvgIpc) is 3.58. The lowest BCUT2D eigenvalue weighted by atomic mass is 9.96. The van der Waals surface area contributed by atoms with Crippen LogP contribution in [0, 0.1) is 0 Å². The highest BCUT2D eigenvalue weighted by atomic mass is 16.4. The minimum Gasteiger partial charge on any atom is -0.481 e. The van der Waals surface area contributed by atoms with Crippen LogP contribution in [0.1, 0.15) is 59.6 Å². The second-order valence-electron chi connectivity index (χ2n) is 15.2. The third-order valence-corrected chi connectivity index (χ3v) is 10.4. The Labute approximate surface area is 360 Å². The van der Waals surface area contributed by atoms with Gasteiger partial charge in [0.15, 0.2) is 11.2 Å². The van der Waals surface area contributed by atoms with Crippen molar-refractivity contribution >= 4 is 64.4 Å². The number of piperazine rings is 1. The van der Waals surface area contributed by atoms with Crippen molar-refractivity contribution < 1.29 is 74.4 Å². The van der Waals surface area contributed by atoms with Gasteiger partial charge in [0.25, 0.3) is 5.91 Å². The molecule has 2 aliphatic heterocycles. The number of benzene rings is 3. The first-order valence-corrected chi connectivity index (χ1v) is 19.7. The second kappa shape index (κ2) is 21.7. The predicted octanol–water partition coefficient (Wildman–Crippen LogP) is 3.20. The van der Waals surface area contributed by atoms with Crippen molar-refractivity contribution in [3.8, 4) is 0 Å². The van der Waals surface area contributed by atoms with Gasteiger partial charge in [0.1, 0.15) is 0 Å². The van der Waals surface area contributed by atoms with Gasteiger partial charge in [0.2, 0.25) is 0 Å². The van der Waals surface area contributed by atoms with Crippen LogP contribution in [0.25, 0.3) is 17.0 Å². The number of carbonyl (C=O) groups is 7. The number of anilines is 1. The van der Waals surface area contributed by atoms with Crippen LogP contribution in [0.15, 0.2) is 91.1 Å². The molecule has 1 fully saturated rings. The monoisotopic (exact) mass is 874 g/mol. The van der Waals surface area contributed by atoms with Gasteiger partial charge in [-0.1, -0.05) is 66.7 Å². The summed E-state index contributed by atoms with van der Waals surface area (Å²) in [5, 5.41) is 68.8. The molecular weight excluding hydrogens is 824 g/mol. The summed E-state index contributed by atoms with van der Waals surface area (Å²) in [4.78, 5) is 81.9. The molecular formula is C44H50N4O15. The smallest absolute Gasteiger partial charge is 0.336 e. The predicted molar refractivity (Wildman–Crippen MR) is 226 cm³/mol. The normalized spacial score (nSPS) is 15.2. The Morgan fingerprint density at radius 3 is 1.63 bits per heavy atom. The molecule has 0 radical (unpaired) electrons. The molecule has 0 spiro atoms. The SMILES string of the molecule is CN1CCN(CCCn2cc(C3C=Cc4ccccc4N3C(=O)c3ccccc3)c3ccccc32)CC1.O=C(O)CC(O)(CC(=O)O)C(=O)O.O=C(O)CC(O)(CC(=O)O)C(=O)O. The van der Waals surface area contributed by atoms with E-state index in [0.717, 1.165) is 56.9 Å². The summed E-state index contributed by atoms with van der Waals surface area (Å²) in [5.74, 6) is -10.0. The number of amides is 1. The number of carboxylic acids is 6. The molecule has 63 heavy (non-hydrogen) atoms. The Morgan fingerprint density at radius 2 is 1.11 bits per heavy atom. The lowest BCUT2D eigenvalue weighted by Gasteiger charge is -2.34. The highest BCUT2D eigenvalue weighted by Crippen LogP contribution is 2.40. The molecule has 3 heterocycles. The Morgan fingerprint density at radius 1 is 0.619 bits per heavy atom. The van der Waals surface area contributed by atoms with Gasteiger partial charge in [-0.2, -0.15) is 0 Å². The highest BCUT2D eigenvalue weighted by molar-refractivity contribution is 6.09. The Bertz CT molecular complexity index is 2230. The Balaban J connectivity index is 0.000000277. The number of aliphatic carboxylic acids is 6. The summed E-state index contributed by atoms with van der Waals surface area (Å²) in [7, 11) is 2.20. The van der Waals surface area contributed by atoms with Crippen LogP contribution >= 0.6 is 0 Å². The molecule has 8 N–H and O–H groups in total. The molecule has 2 aliphatic rings. The summed E-state index contributed by atoms with van der Waals surface area (Å²) in [6.07, 6.45) is 3.15.